The Hall–Kier alpha value is -1.31. The number of hydrogen-bond donors (Lipinski definition) is 1. The minimum atomic E-state index is -0.691. The first kappa shape index (κ1) is 17.7. The highest BCUT2D eigenvalue weighted by Crippen LogP contribution is 2.03. The molecule has 0 radical (unpaired) electrons. The van der Waals surface area contributed by atoms with E-state index < -0.39 is 18.1 Å². The lowest BCUT2D eigenvalue weighted by Crippen LogP contribution is -2.43. The van der Waals surface area contributed by atoms with Crippen LogP contribution in [0.3, 0.4) is 0 Å². The third kappa shape index (κ3) is 7.31. The Kier molecular flexibility index (Phi) is 8.80. The lowest BCUT2D eigenvalue weighted by Gasteiger charge is -2.15. The molecule has 0 aliphatic heterocycles. The number of alkyl carbamates (subject to hydrolysis) is 1. The molecule has 1 amide bonds. The average Bonchev–Trinajstić information content (AvgIpc) is 2.51. The van der Waals surface area contributed by atoms with Gasteiger partial charge in [-0.2, -0.15) is 0 Å². The van der Waals surface area contributed by atoms with Crippen LogP contribution in [0.25, 0.3) is 0 Å². The van der Waals surface area contributed by atoms with E-state index in [1.165, 1.54) is 0 Å². The van der Waals surface area contributed by atoms with Crippen molar-refractivity contribution in [1.29, 1.82) is 0 Å². The van der Waals surface area contributed by atoms with Crippen LogP contribution in [0.1, 0.15) is 25.3 Å². The first-order valence-corrected chi connectivity index (χ1v) is 8.39. The summed E-state index contributed by atoms with van der Waals surface area (Å²) in [5, 5.41) is 2.52. The minimum absolute atomic E-state index is 0.194. The molecule has 0 aliphatic carbocycles. The molecule has 1 aromatic carbocycles. The molecular weight excluding hydrogens is 385 g/mol. The van der Waals surface area contributed by atoms with Crippen LogP contribution in [0.15, 0.2) is 30.3 Å². The fourth-order valence-electron chi connectivity index (χ4n) is 1.48. The number of carbonyl (C=O) groups excluding carboxylic acids is 2. The predicted molar refractivity (Wildman–Crippen MR) is 88.3 cm³/mol. The maximum absolute atomic E-state index is 11.9. The monoisotopic (exact) mass is 405 g/mol. The lowest BCUT2D eigenvalue weighted by molar-refractivity contribution is -0.146. The molecule has 0 spiro atoms. The van der Waals surface area contributed by atoms with Gasteiger partial charge in [0, 0.05) is 4.43 Å². The normalized spacial score (nSPS) is 11.5. The molecule has 0 fully saturated rings. The van der Waals surface area contributed by atoms with Gasteiger partial charge in [-0.25, -0.2) is 9.59 Å². The van der Waals surface area contributed by atoms with E-state index in [1.54, 1.807) is 0 Å². The number of hydrogen-bond acceptors (Lipinski definition) is 4. The molecular formula is C15H20INO4. The molecule has 0 saturated heterocycles. The van der Waals surface area contributed by atoms with Crippen molar-refractivity contribution in [3.8, 4) is 0 Å². The van der Waals surface area contributed by atoms with E-state index in [-0.39, 0.29) is 6.61 Å². The Morgan fingerprint density at radius 2 is 1.95 bits per heavy atom. The molecule has 1 aromatic rings. The summed E-state index contributed by atoms with van der Waals surface area (Å²) in [6.45, 7) is 2.56. The molecule has 0 aliphatic rings. The van der Waals surface area contributed by atoms with Crippen LogP contribution in [0, 0.1) is 0 Å². The summed E-state index contributed by atoms with van der Waals surface area (Å²) in [5.41, 5.74) is 0.906. The van der Waals surface area contributed by atoms with Gasteiger partial charge < -0.3 is 14.8 Å². The first-order valence-electron chi connectivity index (χ1n) is 6.87. The lowest BCUT2D eigenvalue weighted by atomic mass is 10.2. The van der Waals surface area contributed by atoms with Gasteiger partial charge in [-0.05, 0) is 12.0 Å². The number of carbonyl (C=O) groups is 2. The van der Waals surface area contributed by atoms with Gasteiger partial charge in [0.25, 0.3) is 0 Å². The van der Waals surface area contributed by atoms with Crippen molar-refractivity contribution in [2.75, 3.05) is 11.0 Å². The van der Waals surface area contributed by atoms with Crippen LogP contribution in [0.4, 0.5) is 4.79 Å². The molecule has 0 heterocycles. The summed E-state index contributed by atoms with van der Waals surface area (Å²) in [6.07, 6.45) is 1.17. The number of nitrogens with one attached hydrogen (secondary N) is 1. The van der Waals surface area contributed by atoms with E-state index in [0.29, 0.717) is 11.0 Å². The van der Waals surface area contributed by atoms with Crippen LogP contribution in [0.5, 0.6) is 0 Å². The fraction of sp³-hybridized carbons (Fsp3) is 0.467. The summed E-state index contributed by atoms with van der Waals surface area (Å²) in [5.74, 6) is -0.458. The summed E-state index contributed by atoms with van der Waals surface area (Å²) < 4.78 is 10.6. The second kappa shape index (κ2) is 10.4. The Bertz CT molecular complexity index is 439. The van der Waals surface area contributed by atoms with Crippen LogP contribution in [-0.2, 0) is 20.9 Å². The molecule has 116 valence electrons. The zero-order valence-corrected chi connectivity index (χ0v) is 14.2. The molecule has 21 heavy (non-hydrogen) atoms. The minimum Gasteiger partial charge on any atom is -0.459 e. The molecule has 0 aromatic heterocycles. The second-order valence-electron chi connectivity index (χ2n) is 4.43. The highest BCUT2D eigenvalue weighted by molar-refractivity contribution is 14.1. The number of halogens is 1. The highest BCUT2D eigenvalue weighted by Gasteiger charge is 2.21. The Morgan fingerprint density at radius 1 is 1.24 bits per heavy atom. The number of alkyl halides is 1. The van der Waals surface area contributed by atoms with E-state index in [2.05, 4.69) is 5.32 Å². The molecule has 0 saturated carbocycles. The molecule has 1 unspecified atom stereocenters. The summed E-state index contributed by atoms with van der Waals surface area (Å²) in [7, 11) is 0. The maximum Gasteiger partial charge on any atom is 0.407 e. The fourth-order valence-corrected chi connectivity index (χ4v) is 2.06. The third-order valence-corrected chi connectivity index (χ3v) is 3.57. The Labute approximate surface area is 138 Å². The van der Waals surface area contributed by atoms with Gasteiger partial charge in [0.05, 0.1) is 6.61 Å². The van der Waals surface area contributed by atoms with E-state index in [4.69, 9.17) is 9.47 Å². The number of unbranched alkanes of at least 4 members (excludes halogenated alkanes) is 1. The van der Waals surface area contributed by atoms with Crippen molar-refractivity contribution in [3.63, 3.8) is 0 Å². The van der Waals surface area contributed by atoms with Crippen molar-refractivity contribution in [2.24, 2.45) is 0 Å². The summed E-state index contributed by atoms with van der Waals surface area (Å²) in [4.78, 5) is 23.4. The average molecular weight is 405 g/mol. The third-order valence-electron chi connectivity index (χ3n) is 2.69. The van der Waals surface area contributed by atoms with Crippen molar-refractivity contribution >= 4 is 34.7 Å². The van der Waals surface area contributed by atoms with E-state index in [9.17, 15) is 9.59 Å². The van der Waals surface area contributed by atoms with Crippen molar-refractivity contribution in [3.05, 3.63) is 35.9 Å². The summed E-state index contributed by atoms with van der Waals surface area (Å²) >= 11 is 2.03. The van der Waals surface area contributed by atoms with Crippen LogP contribution in [0.2, 0.25) is 0 Å². The van der Waals surface area contributed by atoms with Gasteiger partial charge in [-0.15, -0.1) is 0 Å². The van der Waals surface area contributed by atoms with Gasteiger partial charge in [0.2, 0.25) is 0 Å². The van der Waals surface area contributed by atoms with Crippen LogP contribution >= 0.6 is 22.6 Å². The SMILES string of the molecule is CCCCOC(=O)NC(CI)C(=O)OCc1ccccc1. The number of ether oxygens (including phenoxy) is 2. The van der Waals surface area contributed by atoms with E-state index in [0.717, 1.165) is 18.4 Å². The van der Waals surface area contributed by atoms with Crippen molar-refractivity contribution in [2.45, 2.75) is 32.4 Å². The van der Waals surface area contributed by atoms with E-state index >= 15 is 0 Å². The zero-order valence-electron chi connectivity index (χ0n) is 12.0. The number of esters is 1. The largest absolute Gasteiger partial charge is 0.459 e. The first-order chi connectivity index (χ1) is 10.2. The quantitative estimate of drug-likeness (QED) is 0.313. The van der Waals surface area contributed by atoms with Gasteiger partial charge in [-0.1, -0.05) is 66.3 Å². The molecule has 1 atom stereocenters. The zero-order chi connectivity index (χ0) is 15.5. The standard InChI is InChI=1S/C15H20INO4/c1-2-3-9-20-15(19)17-13(10-16)14(18)21-11-12-7-5-4-6-8-12/h4-8,13H,2-3,9-11H2,1H3,(H,17,19). The molecule has 0 bridgehead atoms. The van der Waals surface area contributed by atoms with Gasteiger partial charge in [-0.3, -0.25) is 0 Å². The van der Waals surface area contributed by atoms with Gasteiger partial charge >= 0.3 is 12.1 Å². The molecule has 1 N–H and O–H groups in total. The van der Waals surface area contributed by atoms with Crippen molar-refractivity contribution in [1.82, 2.24) is 5.32 Å². The number of benzene rings is 1. The summed E-state index contributed by atoms with van der Waals surface area (Å²) in [6, 6.07) is 8.71. The Balaban J connectivity index is 2.36. The van der Waals surface area contributed by atoms with Crippen LogP contribution < -0.4 is 5.32 Å². The smallest absolute Gasteiger partial charge is 0.407 e. The van der Waals surface area contributed by atoms with Crippen molar-refractivity contribution < 1.29 is 19.1 Å². The van der Waals surface area contributed by atoms with E-state index in [1.807, 2.05) is 59.8 Å². The molecule has 5 nitrogen and oxygen atoms in total. The topological polar surface area (TPSA) is 64.6 Å². The number of amides is 1. The van der Waals surface area contributed by atoms with Crippen LogP contribution in [-0.4, -0.2) is 29.1 Å². The highest BCUT2D eigenvalue weighted by atomic mass is 127. The maximum atomic E-state index is 11.9. The van der Waals surface area contributed by atoms with Gasteiger partial charge in [0.15, 0.2) is 0 Å². The number of rotatable bonds is 8. The van der Waals surface area contributed by atoms with Gasteiger partial charge in [0.1, 0.15) is 12.6 Å². The molecule has 1 rings (SSSR count). The predicted octanol–water partition coefficient (Wildman–Crippen LogP) is 3.06. The Morgan fingerprint density at radius 3 is 2.57 bits per heavy atom. The second-order valence-corrected chi connectivity index (χ2v) is 5.31. The molecule has 6 heteroatoms.